The third-order valence-corrected chi connectivity index (χ3v) is 3.59. The summed E-state index contributed by atoms with van der Waals surface area (Å²) >= 11 is 0. The summed E-state index contributed by atoms with van der Waals surface area (Å²) < 4.78 is 11.9. The molecule has 1 aromatic heterocycles. The zero-order valence-electron chi connectivity index (χ0n) is 12.9. The number of benzene rings is 2. The van der Waals surface area contributed by atoms with Gasteiger partial charge in [0.1, 0.15) is 17.3 Å². The standard InChI is InChI=1S/C17H17N3O3/c1-22-14-7-3-12(4-8-14)11-16-18-19-17(21)20(16)13-5-9-15(23-2)10-6-13/h3-10H,11H2,1-2H3,(H,19,21). The Labute approximate surface area is 133 Å². The Hall–Kier alpha value is -3.02. The molecular formula is C17H17N3O3. The zero-order chi connectivity index (χ0) is 16.2. The van der Waals surface area contributed by atoms with Gasteiger partial charge in [-0.2, -0.15) is 5.10 Å². The predicted octanol–water partition coefficient (Wildman–Crippen LogP) is 2.17. The molecule has 6 nitrogen and oxygen atoms in total. The molecule has 0 aliphatic carbocycles. The quantitative estimate of drug-likeness (QED) is 0.784. The first-order chi connectivity index (χ1) is 11.2. The smallest absolute Gasteiger partial charge is 0.347 e. The summed E-state index contributed by atoms with van der Waals surface area (Å²) in [6, 6.07) is 15.0. The molecule has 0 saturated heterocycles. The van der Waals surface area contributed by atoms with Gasteiger partial charge in [-0.1, -0.05) is 12.1 Å². The Morgan fingerprint density at radius 1 is 0.957 bits per heavy atom. The van der Waals surface area contributed by atoms with E-state index in [1.165, 1.54) is 0 Å². The van der Waals surface area contributed by atoms with Crippen LogP contribution in [0.2, 0.25) is 0 Å². The van der Waals surface area contributed by atoms with Gasteiger partial charge in [0, 0.05) is 6.42 Å². The molecule has 2 aromatic carbocycles. The van der Waals surface area contributed by atoms with Gasteiger partial charge in [-0.25, -0.2) is 14.5 Å². The molecule has 6 heteroatoms. The molecule has 1 heterocycles. The molecule has 0 spiro atoms. The minimum Gasteiger partial charge on any atom is -0.497 e. The van der Waals surface area contributed by atoms with Crippen molar-refractivity contribution in [2.24, 2.45) is 0 Å². The molecular weight excluding hydrogens is 294 g/mol. The van der Waals surface area contributed by atoms with Gasteiger partial charge in [-0.05, 0) is 42.0 Å². The minimum atomic E-state index is -0.265. The van der Waals surface area contributed by atoms with Crippen LogP contribution >= 0.6 is 0 Å². The maximum absolute atomic E-state index is 12.1. The molecule has 0 aliphatic rings. The van der Waals surface area contributed by atoms with Gasteiger partial charge in [0.15, 0.2) is 0 Å². The molecule has 0 radical (unpaired) electrons. The van der Waals surface area contributed by atoms with Crippen molar-refractivity contribution in [1.29, 1.82) is 0 Å². The number of aromatic amines is 1. The van der Waals surface area contributed by atoms with E-state index in [0.717, 1.165) is 22.7 Å². The van der Waals surface area contributed by atoms with E-state index < -0.39 is 0 Å². The summed E-state index contributed by atoms with van der Waals surface area (Å²) in [6.07, 6.45) is 0.536. The second-order valence-electron chi connectivity index (χ2n) is 5.00. The van der Waals surface area contributed by atoms with Gasteiger partial charge in [-0.3, -0.25) is 0 Å². The predicted molar refractivity (Wildman–Crippen MR) is 86.5 cm³/mol. The van der Waals surface area contributed by atoms with Crippen LogP contribution in [0.25, 0.3) is 5.69 Å². The van der Waals surface area contributed by atoms with Crippen molar-refractivity contribution in [2.45, 2.75) is 6.42 Å². The second-order valence-corrected chi connectivity index (χ2v) is 5.00. The first-order valence-electron chi connectivity index (χ1n) is 7.15. The normalized spacial score (nSPS) is 10.5. The van der Waals surface area contributed by atoms with Gasteiger partial charge >= 0.3 is 5.69 Å². The number of H-pyrrole nitrogens is 1. The van der Waals surface area contributed by atoms with E-state index in [0.29, 0.717) is 12.2 Å². The summed E-state index contributed by atoms with van der Waals surface area (Å²) in [4.78, 5) is 12.1. The highest BCUT2D eigenvalue weighted by molar-refractivity contribution is 5.38. The van der Waals surface area contributed by atoms with E-state index in [4.69, 9.17) is 9.47 Å². The third-order valence-electron chi connectivity index (χ3n) is 3.59. The molecule has 3 rings (SSSR count). The number of rotatable bonds is 5. The van der Waals surface area contributed by atoms with Crippen LogP contribution in [0, 0.1) is 0 Å². The Bertz CT molecular complexity index is 833. The van der Waals surface area contributed by atoms with Crippen LogP contribution in [-0.2, 0) is 6.42 Å². The maximum Gasteiger partial charge on any atom is 0.347 e. The molecule has 23 heavy (non-hydrogen) atoms. The topological polar surface area (TPSA) is 69.1 Å². The van der Waals surface area contributed by atoms with E-state index in [9.17, 15) is 4.79 Å². The average molecular weight is 311 g/mol. The van der Waals surface area contributed by atoms with Gasteiger partial charge < -0.3 is 9.47 Å². The molecule has 0 unspecified atom stereocenters. The van der Waals surface area contributed by atoms with Crippen LogP contribution in [0.15, 0.2) is 53.3 Å². The van der Waals surface area contributed by atoms with Crippen molar-refractivity contribution in [3.8, 4) is 17.2 Å². The van der Waals surface area contributed by atoms with Crippen molar-refractivity contribution in [1.82, 2.24) is 14.8 Å². The summed E-state index contributed by atoms with van der Waals surface area (Å²) in [5, 5.41) is 6.64. The lowest BCUT2D eigenvalue weighted by atomic mass is 10.1. The first-order valence-corrected chi connectivity index (χ1v) is 7.15. The van der Waals surface area contributed by atoms with Crippen molar-refractivity contribution < 1.29 is 9.47 Å². The molecule has 118 valence electrons. The number of nitrogens with one attached hydrogen (secondary N) is 1. The second kappa shape index (κ2) is 6.39. The first kappa shape index (κ1) is 14.9. The fourth-order valence-corrected chi connectivity index (χ4v) is 2.37. The molecule has 0 saturated carbocycles. The zero-order valence-corrected chi connectivity index (χ0v) is 12.9. The number of methoxy groups -OCH3 is 2. The highest BCUT2D eigenvalue weighted by Gasteiger charge is 2.11. The Morgan fingerprint density at radius 3 is 2.09 bits per heavy atom. The lowest BCUT2D eigenvalue weighted by Gasteiger charge is -2.07. The molecule has 0 bridgehead atoms. The molecule has 0 fully saturated rings. The highest BCUT2D eigenvalue weighted by atomic mass is 16.5. The van der Waals surface area contributed by atoms with Gasteiger partial charge in [0.2, 0.25) is 0 Å². The summed E-state index contributed by atoms with van der Waals surface area (Å²) in [7, 11) is 3.23. The highest BCUT2D eigenvalue weighted by Crippen LogP contribution is 2.17. The number of nitrogens with zero attached hydrogens (tertiary/aromatic N) is 2. The van der Waals surface area contributed by atoms with Crippen molar-refractivity contribution in [2.75, 3.05) is 14.2 Å². The summed E-state index contributed by atoms with van der Waals surface area (Å²) in [5.74, 6) is 2.18. The summed E-state index contributed by atoms with van der Waals surface area (Å²) in [5.41, 5.74) is 1.52. The summed E-state index contributed by atoms with van der Waals surface area (Å²) in [6.45, 7) is 0. The maximum atomic E-state index is 12.1. The Balaban J connectivity index is 1.92. The molecule has 0 amide bonds. The van der Waals surface area contributed by atoms with Gasteiger partial charge in [-0.15, -0.1) is 0 Å². The van der Waals surface area contributed by atoms with Crippen LogP contribution in [0.1, 0.15) is 11.4 Å². The van der Waals surface area contributed by atoms with Crippen LogP contribution in [0.4, 0.5) is 0 Å². The lowest BCUT2D eigenvalue weighted by molar-refractivity contribution is 0.414. The van der Waals surface area contributed by atoms with E-state index in [1.54, 1.807) is 18.8 Å². The van der Waals surface area contributed by atoms with Gasteiger partial charge in [0.25, 0.3) is 0 Å². The fraction of sp³-hybridized carbons (Fsp3) is 0.176. The molecule has 3 aromatic rings. The Morgan fingerprint density at radius 2 is 1.52 bits per heavy atom. The van der Waals surface area contributed by atoms with E-state index >= 15 is 0 Å². The fourth-order valence-electron chi connectivity index (χ4n) is 2.37. The largest absolute Gasteiger partial charge is 0.497 e. The van der Waals surface area contributed by atoms with E-state index in [-0.39, 0.29) is 5.69 Å². The van der Waals surface area contributed by atoms with Gasteiger partial charge in [0.05, 0.1) is 19.9 Å². The SMILES string of the molecule is COc1ccc(Cc2n[nH]c(=O)n2-c2ccc(OC)cc2)cc1. The molecule has 1 N–H and O–H groups in total. The number of aromatic nitrogens is 3. The molecule has 0 atom stereocenters. The minimum absolute atomic E-state index is 0.265. The van der Waals surface area contributed by atoms with E-state index in [1.807, 2.05) is 48.5 Å². The number of hydrogen-bond acceptors (Lipinski definition) is 4. The van der Waals surface area contributed by atoms with Crippen LogP contribution in [0.3, 0.4) is 0 Å². The third kappa shape index (κ3) is 3.11. The number of hydrogen-bond donors (Lipinski definition) is 1. The van der Waals surface area contributed by atoms with Crippen molar-refractivity contribution >= 4 is 0 Å². The lowest BCUT2D eigenvalue weighted by Crippen LogP contribution is -2.17. The van der Waals surface area contributed by atoms with Crippen LogP contribution in [0.5, 0.6) is 11.5 Å². The van der Waals surface area contributed by atoms with Crippen LogP contribution < -0.4 is 15.2 Å². The average Bonchev–Trinajstić information content (AvgIpc) is 2.96. The van der Waals surface area contributed by atoms with E-state index in [2.05, 4.69) is 10.2 Å². The Kier molecular flexibility index (Phi) is 4.14. The monoisotopic (exact) mass is 311 g/mol. The van der Waals surface area contributed by atoms with Crippen molar-refractivity contribution in [3.05, 3.63) is 70.4 Å². The molecule has 0 aliphatic heterocycles. The number of ether oxygens (including phenoxy) is 2. The van der Waals surface area contributed by atoms with Crippen molar-refractivity contribution in [3.63, 3.8) is 0 Å². The van der Waals surface area contributed by atoms with Crippen LogP contribution in [-0.4, -0.2) is 29.0 Å².